The SMILES string of the molecule is CC(N)c1cn2ncc(Cl)c2nc1-c1cccc(F)c1. The molecule has 0 bridgehead atoms. The van der Waals surface area contributed by atoms with Crippen LogP contribution in [0.3, 0.4) is 0 Å². The molecule has 3 aromatic rings. The molecule has 0 aliphatic heterocycles. The second kappa shape index (κ2) is 4.85. The first-order chi connectivity index (χ1) is 9.56. The number of halogens is 2. The molecule has 6 heteroatoms. The van der Waals surface area contributed by atoms with Crippen LogP contribution >= 0.6 is 11.6 Å². The van der Waals surface area contributed by atoms with E-state index in [1.165, 1.54) is 18.3 Å². The Kier molecular flexibility index (Phi) is 3.16. The Morgan fingerprint density at radius 2 is 2.20 bits per heavy atom. The van der Waals surface area contributed by atoms with E-state index in [9.17, 15) is 4.39 Å². The van der Waals surface area contributed by atoms with Gasteiger partial charge in [-0.2, -0.15) is 5.10 Å². The van der Waals surface area contributed by atoms with Gasteiger partial charge in [0.25, 0.3) is 0 Å². The van der Waals surface area contributed by atoms with Crippen molar-refractivity contribution >= 4 is 17.2 Å². The van der Waals surface area contributed by atoms with Gasteiger partial charge in [0.05, 0.1) is 11.9 Å². The molecule has 20 heavy (non-hydrogen) atoms. The molecule has 1 atom stereocenters. The standard InChI is InChI=1S/C14H12ClFN4/c1-8(17)11-7-20-14(12(15)6-18-20)19-13(11)9-3-2-4-10(16)5-9/h2-8H,17H2,1H3. The molecule has 102 valence electrons. The van der Waals surface area contributed by atoms with Gasteiger partial charge in [-0.15, -0.1) is 0 Å². The summed E-state index contributed by atoms with van der Waals surface area (Å²) in [6.45, 7) is 1.84. The Morgan fingerprint density at radius 1 is 1.40 bits per heavy atom. The van der Waals surface area contributed by atoms with Crippen LogP contribution in [0.2, 0.25) is 5.02 Å². The van der Waals surface area contributed by atoms with Gasteiger partial charge >= 0.3 is 0 Å². The lowest BCUT2D eigenvalue weighted by molar-refractivity contribution is 0.628. The molecule has 2 N–H and O–H groups in total. The van der Waals surface area contributed by atoms with Crippen LogP contribution < -0.4 is 5.73 Å². The van der Waals surface area contributed by atoms with E-state index >= 15 is 0 Å². The van der Waals surface area contributed by atoms with Gasteiger partial charge in [-0.3, -0.25) is 0 Å². The molecule has 0 spiro atoms. The number of hydrogen-bond donors (Lipinski definition) is 1. The van der Waals surface area contributed by atoms with Crippen molar-refractivity contribution in [3.8, 4) is 11.3 Å². The van der Waals surface area contributed by atoms with Gasteiger partial charge in [0.15, 0.2) is 5.65 Å². The van der Waals surface area contributed by atoms with Crippen molar-refractivity contribution in [1.29, 1.82) is 0 Å². The number of benzene rings is 1. The fraction of sp³-hybridized carbons (Fsp3) is 0.143. The van der Waals surface area contributed by atoms with Gasteiger partial charge < -0.3 is 5.73 Å². The van der Waals surface area contributed by atoms with Crippen LogP contribution in [-0.4, -0.2) is 14.6 Å². The second-order valence-electron chi connectivity index (χ2n) is 4.60. The topological polar surface area (TPSA) is 56.2 Å². The molecule has 0 saturated carbocycles. The van der Waals surface area contributed by atoms with E-state index in [2.05, 4.69) is 10.1 Å². The third kappa shape index (κ3) is 2.15. The maximum absolute atomic E-state index is 13.4. The van der Waals surface area contributed by atoms with Crippen LogP contribution in [0.15, 0.2) is 36.7 Å². The van der Waals surface area contributed by atoms with E-state index < -0.39 is 0 Å². The highest BCUT2D eigenvalue weighted by molar-refractivity contribution is 6.33. The minimum absolute atomic E-state index is 0.256. The van der Waals surface area contributed by atoms with Crippen LogP contribution in [0, 0.1) is 5.82 Å². The summed E-state index contributed by atoms with van der Waals surface area (Å²) >= 11 is 6.04. The lowest BCUT2D eigenvalue weighted by atomic mass is 10.0. The molecule has 4 nitrogen and oxygen atoms in total. The first-order valence-electron chi connectivity index (χ1n) is 6.11. The molecule has 0 amide bonds. The fourth-order valence-corrected chi connectivity index (χ4v) is 2.27. The summed E-state index contributed by atoms with van der Waals surface area (Å²) in [7, 11) is 0. The lowest BCUT2D eigenvalue weighted by Gasteiger charge is -2.12. The van der Waals surface area contributed by atoms with E-state index in [4.69, 9.17) is 17.3 Å². The van der Waals surface area contributed by atoms with E-state index in [1.54, 1.807) is 22.8 Å². The number of fused-ring (bicyclic) bond motifs is 1. The molecule has 3 rings (SSSR count). The first kappa shape index (κ1) is 13.0. The molecule has 0 fully saturated rings. The van der Waals surface area contributed by atoms with E-state index in [0.717, 1.165) is 5.56 Å². The summed E-state index contributed by atoms with van der Waals surface area (Å²) in [5.41, 5.74) is 8.57. The summed E-state index contributed by atoms with van der Waals surface area (Å²) in [6.07, 6.45) is 3.29. The Labute approximate surface area is 120 Å². The minimum atomic E-state index is -0.320. The first-order valence-corrected chi connectivity index (χ1v) is 6.49. The molecule has 0 aliphatic carbocycles. The third-order valence-electron chi connectivity index (χ3n) is 3.07. The van der Waals surface area contributed by atoms with Crippen molar-refractivity contribution in [1.82, 2.24) is 14.6 Å². The van der Waals surface area contributed by atoms with Crippen LogP contribution in [0.5, 0.6) is 0 Å². The van der Waals surface area contributed by atoms with Crippen molar-refractivity contribution in [2.45, 2.75) is 13.0 Å². The lowest BCUT2D eigenvalue weighted by Crippen LogP contribution is -2.10. The zero-order chi connectivity index (χ0) is 14.3. The number of hydrogen-bond acceptors (Lipinski definition) is 3. The predicted octanol–water partition coefficient (Wildman–Crippen LogP) is 3.21. The van der Waals surface area contributed by atoms with Gasteiger partial charge in [-0.1, -0.05) is 23.7 Å². The molecule has 2 heterocycles. The Hall–Kier alpha value is -1.98. The maximum atomic E-state index is 13.4. The minimum Gasteiger partial charge on any atom is -0.324 e. The molecule has 1 aromatic carbocycles. The van der Waals surface area contributed by atoms with Crippen molar-refractivity contribution in [3.63, 3.8) is 0 Å². The van der Waals surface area contributed by atoms with Gasteiger partial charge in [0.2, 0.25) is 0 Å². The Balaban J connectivity index is 2.31. The van der Waals surface area contributed by atoms with Crippen LogP contribution in [-0.2, 0) is 0 Å². The third-order valence-corrected chi connectivity index (χ3v) is 3.33. The normalized spacial score (nSPS) is 12.8. The molecular formula is C14H12ClFN4. The number of aromatic nitrogens is 3. The highest BCUT2D eigenvalue weighted by atomic mass is 35.5. The highest BCUT2D eigenvalue weighted by Crippen LogP contribution is 2.28. The van der Waals surface area contributed by atoms with E-state index in [1.807, 2.05) is 6.92 Å². The highest BCUT2D eigenvalue weighted by Gasteiger charge is 2.15. The average Bonchev–Trinajstić information content (AvgIpc) is 2.78. The van der Waals surface area contributed by atoms with Crippen LogP contribution in [0.25, 0.3) is 16.9 Å². The monoisotopic (exact) mass is 290 g/mol. The molecule has 2 aromatic heterocycles. The van der Waals surface area contributed by atoms with Crippen LogP contribution in [0.1, 0.15) is 18.5 Å². The Bertz CT molecular complexity index is 782. The van der Waals surface area contributed by atoms with Gasteiger partial charge in [-0.05, 0) is 19.1 Å². The molecule has 0 saturated heterocycles. The van der Waals surface area contributed by atoms with Crippen molar-refractivity contribution in [2.75, 3.05) is 0 Å². The molecular weight excluding hydrogens is 279 g/mol. The van der Waals surface area contributed by atoms with E-state index in [-0.39, 0.29) is 11.9 Å². The predicted molar refractivity (Wildman–Crippen MR) is 76.0 cm³/mol. The van der Waals surface area contributed by atoms with Crippen molar-refractivity contribution in [3.05, 3.63) is 53.1 Å². The maximum Gasteiger partial charge on any atom is 0.174 e. The van der Waals surface area contributed by atoms with E-state index in [0.29, 0.717) is 21.9 Å². The zero-order valence-corrected chi connectivity index (χ0v) is 11.5. The second-order valence-corrected chi connectivity index (χ2v) is 5.01. The smallest absolute Gasteiger partial charge is 0.174 e. The number of nitrogens with two attached hydrogens (primary N) is 1. The van der Waals surface area contributed by atoms with Crippen molar-refractivity contribution in [2.24, 2.45) is 5.73 Å². The summed E-state index contributed by atoms with van der Waals surface area (Å²) in [5, 5.41) is 4.55. The molecule has 0 aliphatic rings. The Morgan fingerprint density at radius 3 is 2.90 bits per heavy atom. The number of rotatable bonds is 2. The molecule has 1 unspecified atom stereocenters. The number of nitrogens with zero attached hydrogens (tertiary/aromatic N) is 3. The average molecular weight is 291 g/mol. The fourth-order valence-electron chi connectivity index (χ4n) is 2.10. The largest absolute Gasteiger partial charge is 0.324 e. The zero-order valence-electron chi connectivity index (χ0n) is 10.7. The quantitative estimate of drug-likeness (QED) is 0.788. The van der Waals surface area contributed by atoms with Crippen LogP contribution in [0.4, 0.5) is 4.39 Å². The van der Waals surface area contributed by atoms with Gasteiger partial charge in [0.1, 0.15) is 10.8 Å². The molecule has 0 radical (unpaired) electrons. The summed E-state index contributed by atoms with van der Waals surface area (Å²) < 4.78 is 15.0. The summed E-state index contributed by atoms with van der Waals surface area (Å²) in [6, 6.07) is 5.99. The van der Waals surface area contributed by atoms with Gasteiger partial charge in [0, 0.05) is 23.4 Å². The summed E-state index contributed by atoms with van der Waals surface area (Å²) in [5.74, 6) is -0.320. The van der Waals surface area contributed by atoms with Crippen molar-refractivity contribution < 1.29 is 4.39 Å². The summed E-state index contributed by atoms with van der Waals surface area (Å²) in [4.78, 5) is 4.49. The van der Waals surface area contributed by atoms with Gasteiger partial charge in [-0.25, -0.2) is 13.9 Å².